The lowest BCUT2D eigenvalue weighted by molar-refractivity contribution is 0.122. The number of rotatable bonds is 4. The van der Waals surface area contributed by atoms with Crippen LogP contribution in [-0.2, 0) is 4.74 Å². The zero-order valence-electron chi connectivity index (χ0n) is 12.7. The third-order valence-electron chi connectivity index (χ3n) is 3.93. The first-order valence-corrected chi connectivity index (χ1v) is 7.68. The van der Waals surface area contributed by atoms with E-state index in [1.165, 1.54) is 0 Å². The van der Waals surface area contributed by atoms with Crippen molar-refractivity contribution in [2.75, 3.05) is 49.2 Å². The van der Waals surface area contributed by atoms with Gasteiger partial charge in [-0.25, -0.2) is 4.98 Å². The number of ether oxygens (including phenoxy) is 1. The Kier molecular flexibility index (Phi) is 4.20. The van der Waals surface area contributed by atoms with Crippen LogP contribution in [0, 0.1) is 0 Å². The molecule has 1 aromatic heterocycles. The molecule has 1 fully saturated rings. The molecule has 0 saturated carbocycles. The van der Waals surface area contributed by atoms with E-state index in [0.29, 0.717) is 0 Å². The second-order valence-corrected chi connectivity index (χ2v) is 5.14. The number of fused-ring (bicyclic) bond motifs is 1. The topological polar surface area (TPSA) is 41.5 Å². The van der Waals surface area contributed by atoms with Crippen molar-refractivity contribution in [1.29, 1.82) is 0 Å². The molecule has 0 spiro atoms. The Labute approximate surface area is 125 Å². The lowest BCUT2D eigenvalue weighted by Crippen LogP contribution is -2.37. The third-order valence-corrected chi connectivity index (χ3v) is 3.93. The van der Waals surface area contributed by atoms with Crippen LogP contribution in [0.1, 0.15) is 13.8 Å². The van der Waals surface area contributed by atoms with Crippen LogP contribution in [0.3, 0.4) is 0 Å². The van der Waals surface area contributed by atoms with E-state index >= 15 is 0 Å². The van der Waals surface area contributed by atoms with Crippen molar-refractivity contribution < 1.29 is 4.74 Å². The highest BCUT2D eigenvalue weighted by Crippen LogP contribution is 2.26. The average Bonchev–Trinajstić information content (AvgIpc) is 2.56. The molecule has 112 valence electrons. The van der Waals surface area contributed by atoms with Crippen LogP contribution in [0.5, 0.6) is 0 Å². The minimum absolute atomic E-state index is 0.747. The van der Waals surface area contributed by atoms with Crippen LogP contribution in [0.25, 0.3) is 10.9 Å². The molecule has 2 aromatic rings. The average molecular weight is 286 g/mol. The summed E-state index contributed by atoms with van der Waals surface area (Å²) in [5.41, 5.74) is 1.01. The second-order valence-electron chi connectivity index (χ2n) is 5.14. The van der Waals surface area contributed by atoms with Gasteiger partial charge in [-0.05, 0) is 26.0 Å². The minimum atomic E-state index is 0.747. The lowest BCUT2D eigenvalue weighted by Gasteiger charge is -2.29. The molecule has 0 amide bonds. The van der Waals surface area contributed by atoms with E-state index in [4.69, 9.17) is 14.7 Å². The minimum Gasteiger partial charge on any atom is -0.378 e. The summed E-state index contributed by atoms with van der Waals surface area (Å²) >= 11 is 0. The Hall–Kier alpha value is -1.88. The van der Waals surface area contributed by atoms with Crippen molar-refractivity contribution in [2.45, 2.75) is 13.8 Å². The van der Waals surface area contributed by atoms with Crippen molar-refractivity contribution in [3.8, 4) is 0 Å². The van der Waals surface area contributed by atoms with Crippen molar-refractivity contribution in [3.63, 3.8) is 0 Å². The molecule has 1 aliphatic heterocycles. The highest BCUT2D eigenvalue weighted by atomic mass is 16.5. The van der Waals surface area contributed by atoms with Crippen molar-refractivity contribution in [2.24, 2.45) is 0 Å². The van der Waals surface area contributed by atoms with Crippen LogP contribution in [0.4, 0.5) is 11.8 Å². The molecule has 0 N–H and O–H groups in total. The summed E-state index contributed by atoms with van der Waals surface area (Å²) in [5, 5.41) is 1.12. The number of aromatic nitrogens is 2. The van der Waals surface area contributed by atoms with Gasteiger partial charge >= 0.3 is 0 Å². The fraction of sp³-hybridized carbons (Fsp3) is 0.500. The van der Waals surface area contributed by atoms with Crippen LogP contribution in [0.15, 0.2) is 24.3 Å². The molecule has 0 radical (unpaired) electrons. The summed E-state index contributed by atoms with van der Waals surface area (Å²) in [6.45, 7) is 9.42. The van der Waals surface area contributed by atoms with Gasteiger partial charge in [0.2, 0.25) is 5.95 Å². The van der Waals surface area contributed by atoms with E-state index in [9.17, 15) is 0 Å². The van der Waals surface area contributed by atoms with E-state index in [2.05, 4.69) is 35.8 Å². The van der Waals surface area contributed by atoms with Crippen molar-refractivity contribution in [3.05, 3.63) is 24.3 Å². The molecule has 1 saturated heterocycles. The van der Waals surface area contributed by atoms with E-state index in [-0.39, 0.29) is 0 Å². The molecule has 1 aliphatic rings. The molecule has 0 atom stereocenters. The lowest BCUT2D eigenvalue weighted by atomic mass is 10.2. The summed E-state index contributed by atoms with van der Waals surface area (Å²) < 4.78 is 5.42. The normalized spacial score (nSPS) is 15.4. The zero-order valence-corrected chi connectivity index (χ0v) is 12.7. The predicted octanol–water partition coefficient (Wildman–Crippen LogP) is 2.31. The molecule has 5 nitrogen and oxygen atoms in total. The largest absolute Gasteiger partial charge is 0.378 e. The summed E-state index contributed by atoms with van der Waals surface area (Å²) in [6, 6.07) is 8.25. The monoisotopic (exact) mass is 286 g/mol. The molecule has 5 heteroatoms. The quantitative estimate of drug-likeness (QED) is 0.862. The first-order valence-electron chi connectivity index (χ1n) is 7.68. The van der Waals surface area contributed by atoms with Crippen molar-refractivity contribution in [1.82, 2.24) is 9.97 Å². The Morgan fingerprint density at radius 1 is 1.10 bits per heavy atom. The van der Waals surface area contributed by atoms with Crippen LogP contribution in [0.2, 0.25) is 0 Å². The van der Waals surface area contributed by atoms with Crippen LogP contribution in [-0.4, -0.2) is 49.4 Å². The van der Waals surface area contributed by atoms with Gasteiger partial charge in [-0.15, -0.1) is 0 Å². The number of benzene rings is 1. The summed E-state index contributed by atoms with van der Waals surface area (Å²) in [4.78, 5) is 14.1. The number of para-hydroxylation sites is 1. The summed E-state index contributed by atoms with van der Waals surface area (Å²) in [5.74, 6) is 1.85. The third kappa shape index (κ3) is 2.78. The van der Waals surface area contributed by atoms with Crippen LogP contribution < -0.4 is 9.80 Å². The molecular formula is C16H22N4O. The molecular weight excluding hydrogens is 264 g/mol. The van der Waals surface area contributed by atoms with Gasteiger partial charge in [-0.1, -0.05) is 12.1 Å². The highest BCUT2D eigenvalue weighted by molar-refractivity contribution is 5.90. The maximum Gasteiger partial charge on any atom is 0.228 e. The molecule has 21 heavy (non-hydrogen) atoms. The predicted molar refractivity (Wildman–Crippen MR) is 86.1 cm³/mol. The molecule has 0 aliphatic carbocycles. The summed E-state index contributed by atoms with van der Waals surface area (Å²) in [6.07, 6.45) is 0. The fourth-order valence-corrected chi connectivity index (χ4v) is 2.72. The SMILES string of the molecule is CCN(CC)c1nc(N2CCOCC2)nc2ccccc12. The van der Waals surface area contributed by atoms with E-state index in [1.54, 1.807) is 0 Å². The van der Waals surface area contributed by atoms with E-state index in [1.807, 2.05) is 12.1 Å². The van der Waals surface area contributed by atoms with Gasteiger partial charge in [0, 0.05) is 31.6 Å². The van der Waals surface area contributed by atoms with Gasteiger partial charge in [0.15, 0.2) is 0 Å². The smallest absolute Gasteiger partial charge is 0.228 e. The maximum atomic E-state index is 5.42. The van der Waals surface area contributed by atoms with Gasteiger partial charge in [0.05, 0.1) is 18.7 Å². The fourth-order valence-electron chi connectivity index (χ4n) is 2.72. The van der Waals surface area contributed by atoms with Gasteiger partial charge in [-0.2, -0.15) is 4.98 Å². The summed E-state index contributed by atoms with van der Waals surface area (Å²) in [7, 11) is 0. The molecule has 1 aromatic carbocycles. The molecule has 3 rings (SSSR count). The first-order chi connectivity index (χ1) is 10.3. The van der Waals surface area contributed by atoms with E-state index in [0.717, 1.165) is 62.1 Å². The van der Waals surface area contributed by atoms with E-state index < -0.39 is 0 Å². The Morgan fingerprint density at radius 3 is 2.52 bits per heavy atom. The zero-order chi connectivity index (χ0) is 14.7. The highest BCUT2D eigenvalue weighted by Gasteiger charge is 2.18. The molecule has 0 bridgehead atoms. The van der Waals surface area contributed by atoms with Gasteiger partial charge in [0.1, 0.15) is 5.82 Å². The molecule has 0 unspecified atom stereocenters. The van der Waals surface area contributed by atoms with Crippen molar-refractivity contribution >= 4 is 22.7 Å². The number of nitrogens with zero attached hydrogens (tertiary/aromatic N) is 4. The maximum absolute atomic E-state index is 5.42. The van der Waals surface area contributed by atoms with Crippen LogP contribution >= 0.6 is 0 Å². The Morgan fingerprint density at radius 2 is 1.81 bits per heavy atom. The molecule has 2 heterocycles. The Bertz CT molecular complexity index is 606. The number of hydrogen-bond acceptors (Lipinski definition) is 5. The number of hydrogen-bond donors (Lipinski definition) is 0. The van der Waals surface area contributed by atoms with Gasteiger partial charge in [0.25, 0.3) is 0 Å². The van der Waals surface area contributed by atoms with Gasteiger partial charge in [-0.3, -0.25) is 0 Å². The van der Waals surface area contributed by atoms with Gasteiger partial charge < -0.3 is 14.5 Å². The number of morpholine rings is 1. The second kappa shape index (κ2) is 6.26. The first kappa shape index (κ1) is 14.1. The standard InChI is InChI=1S/C16H22N4O/c1-3-19(4-2)15-13-7-5-6-8-14(13)17-16(18-15)20-9-11-21-12-10-20/h5-8H,3-4,9-12H2,1-2H3. The number of anilines is 2. The Balaban J connectivity index is 2.09.